The molecule has 16 heavy (non-hydrogen) atoms. The summed E-state index contributed by atoms with van der Waals surface area (Å²) in [5, 5.41) is 0. The Morgan fingerprint density at radius 3 is 1.94 bits per heavy atom. The highest BCUT2D eigenvalue weighted by molar-refractivity contribution is 5.74. The summed E-state index contributed by atoms with van der Waals surface area (Å²) in [6.45, 7) is 3.58. The van der Waals surface area contributed by atoms with Gasteiger partial charge >= 0.3 is 6.03 Å². The highest BCUT2D eigenvalue weighted by Crippen LogP contribution is 2.15. The van der Waals surface area contributed by atoms with Crippen LogP contribution in [0.2, 0.25) is 0 Å². The molecule has 0 aliphatic carbocycles. The third-order valence-corrected chi connectivity index (χ3v) is 3.69. The van der Waals surface area contributed by atoms with Gasteiger partial charge in [-0.05, 0) is 25.7 Å². The second kappa shape index (κ2) is 5.53. The summed E-state index contributed by atoms with van der Waals surface area (Å²) in [5.41, 5.74) is 5.85. The van der Waals surface area contributed by atoms with Crippen molar-refractivity contribution in [2.24, 2.45) is 5.73 Å². The van der Waals surface area contributed by atoms with Crippen molar-refractivity contribution >= 4 is 6.03 Å². The molecule has 2 rings (SSSR count). The summed E-state index contributed by atoms with van der Waals surface area (Å²) in [6, 6.07) is 0.544. The molecule has 2 amide bonds. The first-order chi connectivity index (χ1) is 7.77. The van der Waals surface area contributed by atoms with Crippen LogP contribution in [0.25, 0.3) is 0 Å². The number of likely N-dealkylation sites (tertiary alicyclic amines) is 2. The molecule has 4 heteroatoms. The van der Waals surface area contributed by atoms with Gasteiger partial charge < -0.3 is 15.5 Å². The van der Waals surface area contributed by atoms with Gasteiger partial charge in [-0.3, -0.25) is 0 Å². The molecule has 0 spiro atoms. The van der Waals surface area contributed by atoms with Gasteiger partial charge in [0.1, 0.15) is 0 Å². The summed E-state index contributed by atoms with van der Waals surface area (Å²) < 4.78 is 0. The number of hydrogen-bond donors (Lipinski definition) is 1. The van der Waals surface area contributed by atoms with Gasteiger partial charge in [-0.1, -0.05) is 12.8 Å². The van der Waals surface area contributed by atoms with E-state index in [1.165, 1.54) is 25.7 Å². The number of nitrogens with two attached hydrogens (primary N) is 1. The smallest absolute Gasteiger partial charge is 0.319 e. The van der Waals surface area contributed by atoms with Crippen LogP contribution >= 0.6 is 0 Å². The minimum absolute atomic E-state index is 0.244. The monoisotopic (exact) mass is 225 g/mol. The predicted octanol–water partition coefficient (Wildman–Crippen LogP) is 1.41. The third-order valence-electron chi connectivity index (χ3n) is 3.69. The van der Waals surface area contributed by atoms with E-state index in [0.717, 1.165) is 39.0 Å². The van der Waals surface area contributed by atoms with Crippen LogP contribution in [0, 0.1) is 0 Å². The molecule has 92 valence electrons. The molecule has 0 aromatic heterocycles. The number of rotatable bonds is 0. The summed E-state index contributed by atoms with van der Waals surface area (Å²) in [5.74, 6) is 0. The van der Waals surface area contributed by atoms with Crippen LogP contribution in [0.1, 0.15) is 38.5 Å². The van der Waals surface area contributed by atoms with Crippen molar-refractivity contribution in [2.75, 3.05) is 26.2 Å². The fourth-order valence-electron chi connectivity index (χ4n) is 2.55. The second-order valence-corrected chi connectivity index (χ2v) is 5.01. The first kappa shape index (κ1) is 11.7. The van der Waals surface area contributed by atoms with E-state index in [9.17, 15) is 4.79 Å². The number of piperidine rings is 1. The molecule has 0 aromatic carbocycles. The molecular weight excluding hydrogens is 202 g/mol. The molecule has 2 aliphatic heterocycles. The zero-order valence-corrected chi connectivity index (χ0v) is 10.0. The van der Waals surface area contributed by atoms with Gasteiger partial charge in [0.25, 0.3) is 0 Å². The molecule has 0 radical (unpaired) electrons. The van der Waals surface area contributed by atoms with Crippen molar-refractivity contribution in [1.82, 2.24) is 9.80 Å². The van der Waals surface area contributed by atoms with Gasteiger partial charge in [0.15, 0.2) is 0 Å². The van der Waals surface area contributed by atoms with Gasteiger partial charge in [-0.15, -0.1) is 0 Å². The fraction of sp³-hybridized carbons (Fsp3) is 0.917. The second-order valence-electron chi connectivity index (χ2n) is 5.01. The van der Waals surface area contributed by atoms with E-state index in [4.69, 9.17) is 5.73 Å². The minimum atomic E-state index is 0.244. The Kier molecular flexibility index (Phi) is 4.04. The highest BCUT2D eigenvalue weighted by Gasteiger charge is 2.25. The van der Waals surface area contributed by atoms with Crippen molar-refractivity contribution in [3.8, 4) is 0 Å². The normalized spacial score (nSPS) is 24.3. The summed E-state index contributed by atoms with van der Waals surface area (Å²) in [6.07, 6.45) is 6.79. The maximum Gasteiger partial charge on any atom is 0.319 e. The lowest BCUT2D eigenvalue weighted by Gasteiger charge is -2.34. The molecule has 2 N–H and O–H groups in total. The van der Waals surface area contributed by atoms with Crippen molar-refractivity contribution in [2.45, 2.75) is 44.6 Å². The maximum atomic E-state index is 12.2. The van der Waals surface area contributed by atoms with Crippen LogP contribution in [0.5, 0.6) is 0 Å². The Hall–Kier alpha value is -0.770. The standard InChI is InChI=1S/C12H23N3O/c13-11-5-9-15(10-6-11)12(16)14-7-3-1-2-4-8-14/h11H,1-10,13H2. The van der Waals surface area contributed by atoms with Crippen molar-refractivity contribution in [3.63, 3.8) is 0 Å². The lowest BCUT2D eigenvalue weighted by molar-refractivity contribution is 0.141. The predicted molar refractivity (Wildman–Crippen MR) is 64.2 cm³/mol. The molecule has 0 saturated carbocycles. The molecule has 0 unspecified atom stereocenters. The molecule has 2 saturated heterocycles. The SMILES string of the molecule is NC1CCN(C(=O)N2CCCCCC2)CC1. The largest absolute Gasteiger partial charge is 0.328 e. The lowest BCUT2D eigenvalue weighted by Crippen LogP contribution is -2.49. The van der Waals surface area contributed by atoms with E-state index in [0.29, 0.717) is 6.04 Å². The quantitative estimate of drug-likeness (QED) is 0.677. The maximum absolute atomic E-state index is 12.2. The van der Waals surface area contributed by atoms with E-state index in [1.54, 1.807) is 0 Å². The number of urea groups is 1. The first-order valence-electron chi connectivity index (χ1n) is 6.57. The van der Waals surface area contributed by atoms with E-state index in [-0.39, 0.29) is 6.03 Å². The van der Waals surface area contributed by atoms with Crippen molar-refractivity contribution in [1.29, 1.82) is 0 Å². The van der Waals surface area contributed by atoms with Crippen molar-refractivity contribution < 1.29 is 4.79 Å². The average molecular weight is 225 g/mol. The van der Waals surface area contributed by atoms with Crippen LogP contribution in [0.4, 0.5) is 4.79 Å². The average Bonchev–Trinajstić information content (AvgIpc) is 2.57. The number of carbonyl (C=O) groups is 1. The van der Waals surface area contributed by atoms with Crippen LogP contribution in [0.15, 0.2) is 0 Å². The Bertz CT molecular complexity index is 228. The van der Waals surface area contributed by atoms with Gasteiger partial charge in [0, 0.05) is 32.2 Å². The number of nitrogens with zero attached hydrogens (tertiary/aromatic N) is 2. The zero-order chi connectivity index (χ0) is 11.4. The fourth-order valence-corrected chi connectivity index (χ4v) is 2.55. The number of hydrogen-bond acceptors (Lipinski definition) is 2. The molecule has 2 aliphatic rings. The summed E-state index contributed by atoms with van der Waals surface area (Å²) in [4.78, 5) is 16.2. The number of carbonyl (C=O) groups excluding carboxylic acids is 1. The van der Waals surface area contributed by atoms with E-state index < -0.39 is 0 Å². The van der Waals surface area contributed by atoms with E-state index in [1.807, 2.05) is 9.80 Å². The summed E-state index contributed by atoms with van der Waals surface area (Å²) >= 11 is 0. The number of amides is 2. The van der Waals surface area contributed by atoms with Gasteiger partial charge in [-0.2, -0.15) is 0 Å². The van der Waals surface area contributed by atoms with Gasteiger partial charge in [0.05, 0.1) is 0 Å². The first-order valence-corrected chi connectivity index (χ1v) is 6.57. The zero-order valence-electron chi connectivity index (χ0n) is 10.0. The Morgan fingerprint density at radius 1 is 0.875 bits per heavy atom. The Morgan fingerprint density at radius 2 is 1.38 bits per heavy atom. The molecule has 4 nitrogen and oxygen atoms in total. The van der Waals surface area contributed by atoms with Crippen LogP contribution < -0.4 is 5.73 Å². The summed E-state index contributed by atoms with van der Waals surface area (Å²) in [7, 11) is 0. The molecule has 0 aromatic rings. The van der Waals surface area contributed by atoms with E-state index in [2.05, 4.69) is 0 Å². The molecular formula is C12H23N3O. The Balaban J connectivity index is 1.85. The molecule has 0 bridgehead atoms. The third kappa shape index (κ3) is 2.88. The van der Waals surface area contributed by atoms with Crippen LogP contribution in [-0.2, 0) is 0 Å². The lowest BCUT2D eigenvalue weighted by atomic mass is 10.1. The van der Waals surface area contributed by atoms with E-state index >= 15 is 0 Å². The van der Waals surface area contributed by atoms with Gasteiger partial charge in [0.2, 0.25) is 0 Å². The highest BCUT2D eigenvalue weighted by atomic mass is 16.2. The molecule has 0 atom stereocenters. The van der Waals surface area contributed by atoms with Crippen LogP contribution in [-0.4, -0.2) is 48.1 Å². The Labute approximate surface area is 97.8 Å². The topological polar surface area (TPSA) is 49.6 Å². The minimum Gasteiger partial charge on any atom is -0.328 e. The molecule has 2 heterocycles. The van der Waals surface area contributed by atoms with Crippen molar-refractivity contribution in [3.05, 3.63) is 0 Å². The van der Waals surface area contributed by atoms with Crippen LogP contribution in [0.3, 0.4) is 0 Å². The van der Waals surface area contributed by atoms with Gasteiger partial charge in [-0.25, -0.2) is 4.79 Å². The molecule has 2 fully saturated rings.